The first-order valence-electron chi connectivity index (χ1n) is 10.1. The zero-order chi connectivity index (χ0) is 22.9. The van der Waals surface area contributed by atoms with Crippen LogP contribution in [0.3, 0.4) is 0 Å². The van der Waals surface area contributed by atoms with Crippen LogP contribution in [0.15, 0.2) is 23.3 Å². The molecule has 2 atom stereocenters. The third kappa shape index (κ3) is 5.12. The fraction of sp³-hybridized carbons (Fsp3) is 0.524. The van der Waals surface area contributed by atoms with Gasteiger partial charge in [0.1, 0.15) is 5.71 Å². The Kier molecular flexibility index (Phi) is 6.49. The van der Waals surface area contributed by atoms with Crippen LogP contribution in [0.2, 0.25) is 0 Å². The Bertz CT molecular complexity index is 1050. The minimum Gasteiger partial charge on any atom is -0.448 e. The van der Waals surface area contributed by atoms with Crippen molar-refractivity contribution >= 4 is 39.0 Å². The Hall–Kier alpha value is -2.75. The van der Waals surface area contributed by atoms with E-state index in [9.17, 15) is 22.8 Å². The lowest BCUT2D eigenvalue weighted by Gasteiger charge is -2.27. The largest absolute Gasteiger partial charge is 0.448 e. The van der Waals surface area contributed by atoms with Gasteiger partial charge in [-0.05, 0) is 44.4 Å². The monoisotopic (exact) mass is 449 g/mol. The van der Waals surface area contributed by atoms with Crippen LogP contribution in [-0.4, -0.2) is 67.5 Å². The quantitative estimate of drug-likeness (QED) is 0.627. The highest BCUT2D eigenvalue weighted by Crippen LogP contribution is 2.26. The van der Waals surface area contributed by atoms with Crippen LogP contribution < -0.4 is 5.01 Å². The number of likely N-dealkylation sites (N-methyl/N-ethyl adjacent to an activating group) is 1. The van der Waals surface area contributed by atoms with Crippen molar-refractivity contribution in [3.05, 3.63) is 29.3 Å². The number of hydrogen-bond donors (Lipinski definition) is 0. The van der Waals surface area contributed by atoms with E-state index >= 15 is 0 Å². The van der Waals surface area contributed by atoms with Crippen molar-refractivity contribution in [1.82, 2.24) is 4.90 Å². The van der Waals surface area contributed by atoms with Crippen molar-refractivity contribution in [2.45, 2.75) is 52.2 Å². The lowest BCUT2D eigenvalue weighted by atomic mass is 10.1. The molecule has 1 aromatic rings. The summed E-state index contributed by atoms with van der Waals surface area (Å²) >= 11 is 0. The first-order valence-corrected chi connectivity index (χ1v) is 12.0. The van der Waals surface area contributed by atoms with Gasteiger partial charge in [-0.3, -0.25) is 9.59 Å². The Labute approximate surface area is 182 Å². The SMILES string of the molecule is Cc1ccc(C)c(N2N=C(C(=O)O[C@@H](C)C(=O)N(C)[C@@H]3CCS(=O)(=O)C3)CCC2=O)c1. The number of carbonyl (C=O) groups is 3. The van der Waals surface area contributed by atoms with E-state index in [0.29, 0.717) is 12.1 Å². The second-order valence-corrected chi connectivity index (χ2v) is 10.3. The van der Waals surface area contributed by atoms with Gasteiger partial charge in [-0.2, -0.15) is 10.1 Å². The Balaban J connectivity index is 1.71. The molecular weight excluding hydrogens is 422 g/mol. The number of aryl methyl sites for hydroxylation is 2. The molecule has 0 unspecified atom stereocenters. The molecule has 2 heterocycles. The molecule has 0 aromatic heterocycles. The number of anilines is 1. The summed E-state index contributed by atoms with van der Waals surface area (Å²) in [5, 5.41) is 5.42. The van der Waals surface area contributed by atoms with Crippen molar-refractivity contribution in [3.63, 3.8) is 0 Å². The lowest BCUT2D eigenvalue weighted by Crippen LogP contribution is -2.45. The van der Waals surface area contributed by atoms with E-state index in [0.717, 1.165) is 11.1 Å². The minimum absolute atomic E-state index is 0.0441. The van der Waals surface area contributed by atoms with Crippen LogP contribution in [0.4, 0.5) is 5.69 Å². The minimum atomic E-state index is -3.14. The summed E-state index contributed by atoms with van der Waals surface area (Å²) in [4.78, 5) is 39.0. The molecule has 2 aliphatic heterocycles. The first-order chi connectivity index (χ1) is 14.5. The molecule has 2 aliphatic rings. The summed E-state index contributed by atoms with van der Waals surface area (Å²) in [6.45, 7) is 5.19. The number of ether oxygens (including phenoxy) is 1. The predicted molar refractivity (Wildman–Crippen MR) is 115 cm³/mol. The van der Waals surface area contributed by atoms with Crippen LogP contribution in [0.1, 0.15) is 37.3 Å². The summed E-state index contributed by atoms with van der Waals surface area (Å²) < 4.78 is 28.6. The number of nitrogens with zero attached hydrogens (tertiary/aromatic N) is 3. The molecule has 0 N–H and O–H groups in total. The van der Waals surface area contributed by atoms with Gasteiger partial charge in [0.2, 0.25) is 5.91 Å². The molecule has 0 saturated carbocycles. The number of rotatable bonds is 5. The average Bonchev–Trinajstić information content (AvgIpc) is 3.08. The summed E-state index contributed by atoms with van der Waals surface area (Å²) in [5.74, 6) is -1.51. The van der Waals surface area contributed by atoms with Crippen molar-refractivity contribution in [1.29, 1.82) is 0 Å². The van der Waals surface area contributed by atoms with Gasteiger partial charge in [0.15, 0.2) is 15.9 Å². The van der Waals surface area contributed by atoms with Gasteiger partial charge >= 0.3 is 5.97 Å². The molecule has 168 valence electrons. The predicted octanol–water partition coefficient (Wildman–Crippen LogP) is 1.36. The number of hydrazone groups is 1. The smallest absolute Gasteiger partial charge is 0.355 e. The molecule has 1 aromatic carbocycles. The van der Waals surface area contributed by atoms with Gasteiger partial charge < -0.3 is 9.64 Å². The van der Waals surface area contributed by atoms with E-state index in [2.05, 4.69) is 5.10 Å². The highest BCUT2D eigenvalue weighted by Gasteiger charge is 2.36. The number of amides is 2. The van der Waals surface area contributed by atoms with Gasteiger partial charge in [0.05, 0.1) is 17.2 Å². The maximum Gasteiger partial charge on any atom is 0.355 e. The number of hydrogen-bond acceptors (Lipinski definition) is 7. The second kappa shape index (κ2) is 8.78. The molecule has 3 rings (SSSR count). The number of esters is 1. The van der Waals surface area contributed by atoms with Crippen LogP contribution in [0.25, 0.3) is 0 Å². The Morgan fingerprint density at radius 3 is 2.61 bits per heavy atom. The summed E-state index contributed by atoms with van der Waals surface area (Å²) in [6.07, 6.45) is -0.513. The lowest BCUT2D eigenvalue weighted by molar-refractivity contribution is -0.154. The topological polar surface area (TPSA) is 113 Å². The fourth-order valence-corrected chi connectivity index (χ4v) is 5.44. The van der Waals surface area contributed by atoms with E-state index < -0.39 is 33.9 Å². The molecular formula is C21H27N3O6S. The Morgan fingerprint density at radius 2 is 1.97 bits per heavy atom. The van der Waals surface area contributed by atoms with E-state index in [1.807, 2.05) is 32.0 Å². The first kappa shape index (κ1) is 22.9. The van der Waals surface area contributed by atoms with Gasteiger partial charge in [0.25, 0.3) is 5.91 Å². The van der Waals surface area contributed by atoms with Crippen LogP contribution in [-0.2, 0) is 29.0 Å². The van der Waals surface area contributed by atoms with Crippen LogP contribution >= 0.6 is 0 Å². The molecule has 9 nitrogen and oxygen atoms in total. The normalized spacial score (nSPS) is 21.4. The standard InChI is InChI=1S/C21H27N3O6S/c1-13-5-6-14(2)18(11-13)24-19(25)8-7-17(22-24)21(27)30-15(3)20(26)23(4)16-9-10-31(28,29)12-16/h5-6,11,15-16H,7-10,12H2,1-4H3/t15-,16+/m0/s1. The van der Waals surface area contributed by atoms with Crippen molar-refractivity contribution < 1.29 is 27.5 Å². The Morgan fingerprint density at radius 1 is 1.26 bits per heavy atom. The van der Waals surface area contributed by atoms with Gasteiger partial charge in [-0.1, -0.05) is 12.1 Å². The van der Waals surface area contributed by atoms with Gasteiger partial charge in [0, 0.05) is 25.9 Å². The van der Waals surface area contributed by atoms with E-state index in [1.54, 1.807) is 0 Å². The molecule has 1 fully saturated rings. The van der Waals surface area contributed by atoms with Crippen molar-refractivity contribution in [2.75, 3.05) is 23.6 Å². The zero-order valence-electron chi connectivity index (χ0n) is 18.1. The van der Waals surface area contributed by atoms with Crippen molar-refractivity contribution in [3.8, 4) is 0 Å². The summed E-state index contributed by atoms with van der Waals surface area (Å²) in [7, 11) is -1.63. The number of benzene rings is 1. The van der Waals surface area contributed by atoms with Crippen molar-refractivity contribution in [2.24, 2.45) is 5.10 Å². The average molecular weight is 450 g/mol. The fourth-order valence-electron chi connectivity index (χ4n) is 3.66. The summed E-state index contributed by atoms with van der Waals surface area (Å²) in [6, 6.07) is 5.19. The molecule has 0 bridgehead atoms. The van der Waals surface area contributed by atoms with Crippen LogP contribution in [0.5, 0.6) is 0 Å². The third-order valence-electron chi connectivity index (χ3n) is 5.60. The van der Waals surface area contributed by atoms with Gasteiger partial charge in [-0.15, -0.1) is 0 Å². The maximum absolute atomic E-state index is 12.6. The maximum atomic E-state index is 12.6. The molecule has 0 aliphatic carbocycles. The van der Waals surface area contributed by atoms with E-state index in [4.69, 9.17) is 4.74 Å². The van der Waals surface area contributed by atoms with E-state index in [-0.39, 0.29) is 36.0 Å². The summed E-state index contributed by atoms with van der Waals surface area (Å²) in [5.41, 5.74) is 2.45. The van der Waals surface area contributed by atoms with E-state index in [1.165, 1.54) is 23.9 Å². The molecule has 0 radical (unpaired) electrons. The molecule has 31 heavy (non-hydrogen) atoms. The second-order valence-electron chi connectivity index (χ2n) is 8.10. The highest BCUT2D eigenvalue weighted by molar-refractivity contribution is 7.91. The third-order valence-corrected chi connectivity index (χ3v) is 7.35. The molecule has 2 amide bonds. The molecule has 10 heteroatoms. The van der Waals surface area contributed by atoms with Crippen LogP contribution in [0, 0.1) is 13.8 Å². The molecule has 1 saturated heterocycles. The number of sulfone groups is 1. The number of carbonyl (C=O) groups excluding carboxylic acids is 3. The van der Waals surface area contributed by atoms with Gasteiger partial charge in [-0.25, -0.2) is 13.2 Å². The highest BCUT2D eigenvalue weighted by atomic mass is 32.2. The molecule has 0 spiro atoms. The zero-order valence-corrected chi connectivity index (χ0v) is 18.9.